The van der Waals surface area contributed by atoms with E-state index in [9.17, 15) is 8.42 Å². The van der Waals surface area contributed by atoms with Crippen molar-refractivity contribution in [3.05, 3.63) is 49.2 Å². The molecule has 0 unspecified atom stereocenters. The Labute approximate surface area is 141 Å². The van der Waals surface area contributed by atoms with Gasteiger partial charge in [0.05, 0.1) is 5.69 Å². The van der Waals surface area contributed by atoms with E-state index < -0.39 is 10.0 Å². The molecule has 1 aromatic heterocycles. The molecule has 2 aromatic rings. The van der Waals surface area contributed by atoms with Gasteiger partial charge in [-0.25, -0.2) is 8.42 Å². The minimum atomic E-state index is -3.65. The zero-order chi connectivity index (χ0) is 14.0. The van der Waals surface area contributed by atoms with Crippen LogP contribution in [0.15, 0.2) is 50.5 Å². The Kier molecular flexibility index (Phi) is 4.85. The minimum Gasteiger partial charge on any atom is -0.278 e. The van der Waals surface area contributed by atoms with Crippen molar-refractivity contribution < 1.29 is 8.42 Å². The topological polar surface area (TPSA) is 59.1 Å². The summed E-state index contributed by atoms with van der Waals surface area (Å²) in [7, 11) is -3.65. The number of sulfonamides is 1. The Morgan fingerprint density at radius 1 is 1.16 bits per heavy atom. The van der Waals surface area contributed by atoms with E-state index in [1.165, 1.54) is 18.5 Å². The fraction of sp³-hybridized carbons (Fsp3) is 0. The third-order valence-electron chi connectivity index (χ3n) is 2.17. The van der Waals surface area contributed by atoms with E-state index >= 15 is 0 Å². The molecule has 0 aliphatic rings. The fourth-order valence-electron chi connectivity index (χ4n) is 1.32. The molecule has 19 heavy (non-hydrogen) atoms. The highest BCUT2D eigenvalue weighted by molar-refractivity contribution is 14.1. The van der Waals surface area contributed by atoms with Gasteiger partial charge in [-0.1, -0.05) is 0 Å². The third-order valence-corrected chi connectivity index (χ3v) is 5.26. The van der Waals surface area contributed by atoms with Gasteiger partial charge in [0.1, 0.15) is 4.90 Å². The van der Waals surface area contributed by atoms with Crippen LogP contribution in [-0.4, -0.2) is 13.4 Å². The highest BCUT2D eigenvalue weighted by Crippen LogP contribution is 2.27. The van der Waals surface area contributed by atoms with Gasteiger partial charge in [-0.3, -0.25) is 9.71 Å². The zero-order valence-corrected chi connectivity index (χ0v) is 15.4. The van der Waals surface area contributed by atoms with Gasteiger partial charge in [0.25, 0.3) is 10.0 Å². The molecule has 0 saturated carbocycles. The van der Waals surface area contributed by atoms with Gasteiger partial charge >= 0.3 is 0 Å². The molecular formula is C11H7Br2IN2O2S. The summed E-state index contributed by atoms with van der Waals surface area (Å²) in [6, 6.07) is 6.85. The summed E-state index contributed by atoms with van der Waals surface area (Å²) >= 11 is 8.68. The number of rotatable bonds is 3. The maximum Gasteiger partial charge on any atom is 0.263 e. The van der Waals surface area contributed by atoms with Crippen molar-refractivity contribution in [3.63, 3.8) is 0 Å². The van der Waals surface area contributed by atoms with Crippen LogP contribution in [0, 0.1) is 3.57 Å². The quantitative estimate of drug-likeness (QED) is 0.626. The summed E-state index contributed by atoms with van der Waals surface area (Å²) in [5.41, 5.74) is 0.486. The number of pyridine rings is 1. The minimum absolute atomic E-state index is 0.104. The molecule has 4 nitrogen and oxygen atoms in total. The molecule has 100 valence electrons. The molecule has 0 atom stereocenters. The first-order valence-electron chi connectivity index (χ1n) is 4.97. The van der Waals surface area contributed by atoms with Crippen LogP contribution in [0.4, 0.5) is 5.69 Å². The number of aromatic nitrogens is 1. The predicted octanol–water partition coefficient (Wildman–Crippen LogP) is 4.01. The van der Waals surface area contributed by atoms with Crippen LogP contribution >= 0.6 is 54.5 Å². The summed E-state index contributed by atoms with van der Waals surface area (Å²) in [4.78, 5) is 3.95. The SMILES string of the molecule is O=S(=O)(Nc1ccc(I)cc1Br)c1cncc(Br)c1. The lowest BCUT2D eigenvalue weighted by Gasteiger charge is -2.10. The number of hydrogen-bond donors (Lipinski definition) is 1. The second-order valence-electron chi connectivity index (χ2n) is 3.57. The van der Waals surface area contributed by atoms with E-state index in [1.54, 1.807) is 6.07 Å². The average Bonchev–Trinajstić information content (AvgIpc) is 2.33. The monoisotopic (exact) mass is 516 g/mol. The normalized spacial score (nSPS) is 11.3. The second-order valence-corrected chi connectivity index (χ2v) is 8.27. The molecule has 0 amide bonds. The van der Waals surface area contributed by atoms with Crippen LogP contribution in [0.2, 0.25) is 0 Å². The molecule has 1 N–H and O–H groups in total. The largest absolute Gasteiger partial charge is 0.278 e. The first kappa shape index (κ1) is 15.2. The van der Waals surface area contributed by atoms with Crippen molar-refractivity contribution in [1.82, 2.24) is 4.98 Å². The van der Waals surface area contributed by atoms with Crippen LogP contribution in [0.25, 0.3) is 0 Å². The number of nitrogens with one attached hydrogen (secondary N) is 1. The standard InChI is InChI=1S/C11H7Br2IN2O2S/c12-7-3-9(6-15-5-7)19(17,18)16-11-2-1-8(14)4-10(11)13/h1-6,16H. The highest BCUT2D eigenvalue weighted by atomic mass is 127. The van der Waals surface area contributed by atoms with E-state index in [1.807, 2.05) is 12.1 Å². The molecule has 0 aliphatic heterocycles. The van der Waals surface area contributed by atoms with Gasteiger partial charge in [0.2, 0.25) is 0 Å². The summed E-state index contributed by atoms with van der Waals surface area (Å²) in [5, 5.41) is 0. The summed E-state index contributed by atoms with van der Waals surface area (Å²) in [5.74, 6) is 0. The van der Waals surface area contributed by atoms with E-state index in [2.05, 4.69) is 64.2 Å². The first-order chi connectivity index (χ1) is 8.88. The van der Waals surface area contributed by atoms with E-state index in [4.69, 9.17) is 0 Å². The van der Waals surface area contributed by atoms with Crippen LogP contribution in [0.1, 0.15) is 0 Å². The maximum atomic E-state index is 12.2. The van der Waals surface area contributed by atoms with Crippen LogP contribution in [0.3, 0.4) is 0 Å². The second kappa shape index (κ2) is 6.06. The lowest BCUT2D eigenvalue weighted by Crippen LogP contribution is -2.13. The predicted molar refractivity (Wildman–Crippen MR) is 89.6 cm³/mol. The van der Waals surface area contributed by atoms with Gasteiger partial charge in [0.15, 0.2) is 0 Å². The molecule has 0 saturated heterocycles. The van der Waals surface area contributed by atoms with Crippen LogP contribution < -0.4 is 4.72 Å². The number of nitrogens with zero attached hydrogens (tertiary/aromatic N) is 1. The summed E-state index contributed by atoms with van der Waals surface area (Å²) < 4.78 is 29.2. The Balaban J connectivity index is 2.36. The van der Waals surface area contributed by atoms with Crippen molar-refractivity contribution in [1.29, 1.82) is 0 Å². The molecule has 0 aliphatic carbocycles. The first-order valence-corrected chi connectivity index (χ1v) is 9.12. The Bertz CT molecular complexity index is 722. The van der Waals surface area contributed by atoms with Gasteiger partial charge in [0, 0.05) is 24.9 Å². The number of hydrogen-bond acceptors (Lipinski definition) is 3. The Hall–Kier alpha value is -0.190. The fourth-order valence-corrected chi connectivity index (χ4v) is 4.43. The Morgan fingerprint density at radius 3 is 2.53 bits per heavy atom. The average molecular weight is 518 g/mol. The van der Waals surface area contributed by atoms with Crippen molar-refractivity contribution >= 4 is 70.2 Å². The third kappa shape index (κ3) is 3.89. The molecule has 1 aromatic carbocycles. The van der Waals surface area contributed by atoms with E-state index in [0.717, 1.165) is 3.57 Å². The molecule has 2 rings (SSSR count). The van der Waals surface area contributed by atoms with Gasteiger partial charge in [-0.2, -0.15) is 0 Å². The summed E-state index contributed by atoms with van der Waals surface area (Å²) in [6.45, 7) is 0. The van der Waals surface area contributed by atoms with Crippen LogP contribution in [0.5, 0.6) is 0 Å². The lowest BCUT2D eigenvalue weighted by atomic mass is 10.3. The number of halogens is 3. The number of anilines is 1. The molecule has 1 heterocycles. The smallest absolute Gasteiger partial charge is 0.263 e. The molecular weight excluding hydrogens is 511 g/mol. The van der Waals surface area contributed by atoms with Crippen LogP contribution in [-0.2, 0) is 10.0 Å². The number of benzene rings is 1. The Morgan fingerprint density at radius 2 is 1.89 bits per heavy atom. The molecule has 0 spiro atoms. The van der Waals surface area contributed by atoms with Crippen molar-refractivity contribution in [2.24, 2.45) is 0 Å². The molecule has 8 heteroatoms. The lowest BCUT2D eigenvalue weighted by molar-refractivity contribution is 0.600. The van der Waals surface area contributed by atoms with Gasteiger partial charge in [-0.15, -0.1) is 0 Å². The summed E-state index contributed by atoms with van der Waals surface area (Å²) in [6.07, 6.45) is 2.83. The van der Waals surface area contributed by atoms with Crippen molar-refractivity contribution in [2.45, 2.75) is 4.90 Å². The van der Waals surface area contributed by atoms with E-state index in [-0.39, 0.29) is 4.90 Å². The maximum absolute atomic E-state index is 12.2. The molecule has 0 bridgehead atoms. The van der Waals surface area contributed by atoms with Gasteiger partial charge in [-0.05, 0) is 78.7 Å². The zero-order valence-electron chi connectivity index (χ0n) is 9.27. The van der Waals surface area contributed by atoms with Crippen molar-refractivity contribution in [2.75, 3.05) is 4.72 Å². The van der Waals surface area contributed by atoms with Crippen molar-refractivity contribution in [3.8, 4) is 0 Å². The molecule has 0 fully saturated rings. The molecule has 0 radical (unpaired) electrons. The highest BCUT2D eigenvalue weighted by Gasteiger charge is 2.16. The van der Waals surface area contributed by atoms with Gasteiger partial charge < -0.3 is 0 Å². The van der Waals surface area contributed by atoms with E-state index in [0.29, 0.717) is 14.6 Å².